The van der Waals surface area contributed by atoms with E-state index in [0.29, 0.717) is 12.5 Å². The van der Waals surface area contributed by atoms with Gasteiger partial charge in [0.25, 0.3) is 0 Å². The summed E-state index contributed by atoms with van der Waals surface area (Å²) in [5.41, 5.74) is 0. The number of hydrogen-bond donors (Lipinski definition) is 0. The lowest BCUT2D eigenvalue weighted by molar-refractivity contribution is -0.148. The van der Waals surface area contributed by atoms with Gasteiger partial charge in [-0.1, -0.05) is 19.3 Å². The Balaban J connectivity index is 1.81. The maximum atomic E-state index is 11.4. The van der Waals surface area contributed by atoms with E-state index < -0.39 is 0 Å². The minimum absolute atomic E-state index is 0.0779. The molecule has 0 N–H and O–H groups in total. The van der Waals surface area contributed by atoms with Gasteiger partial charge in [0.2, 0.25) is 0 Å². The summed E-state index contributed by atoms with van der Waals surface area (Å²) in [6.07, 6.45) is 8.09. The van der Waals surface area contributed by atoms with Crippen LogP contribution in [0, 0.1) is 0 Å². The first-order valence-corrected chi connectivity index (χ1v) is 6.10. The fraction of sp³-hybridized carbons (Fsp3) is 0.917. The maximum absolute atomic E-state index is 11.4. The number of fused-ring (bicyclic) bond motifs is 1. The summed E-state index contributed by atoms with van der Waals surface area (Å²) >= 11 is 0. The number of cyclic esters (lactones) is 1. The first-order valence-electron chi connectivity index (χ1n) is 6.10. The molecular weight excluding hydrogens is 192 g/mol. The molecule has 0 aliphatic carbocycles. The second-order valence-corrected chi connectivity index (χ2v) is 4.71. The fourth-order valence-corrected chi connectivity index (χ4v) is 2.24. The lowest BCUT2D eigenvalue weighted by Crippen LogP contribution is -2.17. The van der Waals surface area contributed by atoms with Crippen LogP contribution in [0.2, 0.25) is 0 Å². The van der Waals surface area contributed by atoms with Crippen molar-refractivity contribution in [3.8, 4) is 0 Å². The van der Waals surface area contributed by atoms with E-state index in [9.17, 15) is 4.79 Å². The number of carbonyl (C=O) groups is 1. The molecule has 0 unspecified atom stereocenters. The second kappa shape index (κ2) is 4.97. The molecule has 3 nitrogen and oxygen atoms in total. The van der Waals surface area contributed by atoms with E-state index in [0.717, 1.165) is 12.8 Å². The van der Waals surface area contributed by atoms with Crippen LogP contribution in [-0.4, -0.2) is 24.3 Å². The molecule has 15 heavy (non-hydrogen) atoms. The second-order valence-electron chi connectivity index (χ2n) is 4.71. The molecular formula is C12H20O3. The zero-order chi connectivity index (χ0) is 10.7. The smallest absolute Gasteiger partial charge is 0.308 e. The van der Waals surface area contributed by atoms with Gasteiger partial charge in [-0.15, -0.1) is 0 Å². The first-order chi connectivity index (χ1) is 7.25. The van der Waals surface area contributed by atoms with E-state index in [1.165, 1.54) is 25.7 Å². The van der Waals surface area contributed by atoms with E-state index in [2.05, 4.69) is 0 Å². The molecule has 2 aliphatic rings. The highest BCUT2D eigenvalue weighted by atomic mass is 16.6. The fourth-order valence-electron chi connectivity index (χ4n) is 2.24. The average Bonchev–Trinajstić information content (AvgIpc) is 2.87. The monoisotopic (exact) mass is 212 g/mol. The molecule has 0 radical (unpaired) electrons. The summed E-state index contributed by atoms with van der Waals surface area (Å²) in [6, 6.07) is 0. The molecule has 2 fully saturated rings. The number of hydrogen-bond acceptors (Lipinski definition) is 3. The zero-order valence-electron chi connectivity index (χ0n) is 9.41. The molecule has 0 spiro atoms. The Kier molecular flexibility index (Phi) is 3.62. The summed E-state index contributed by atoms with van der Waals surface area (Å²) < 4.78 is 10.7. The minimum Gasteiger partial charge on any atom is -0.463 e. The normalized spacial score (nSPS) is 38.2. The van der Waals surface area contributed by atoms with Crippen LogP contribution in [-0.2, 0) is 14.3 Å². The van der Waals surface area contributed by atoms with Gasteiger partial charge in [0.15, 0.2) is 0 Å². The van der Waals surface area contributed by atoms with Gasteiger partial charge in [-0.3, -0.25) is 4.79 Å². The van der Waals surface area contributed by atoms with Crippen molar-refractivity contribution in [3.05, 3.63) is 0 Å². The van der Waals surface area contributed by atoms with Gasteiger partial charge in [-0.05, 0) is 26.2 Å². The van der Waals surface area contributed by atoms with Crippen molar-refractivity contribution in [2.24, 2.45) is 0 Å². The van der Waals surface area contributed by atoms with Gasteiger partial charge in [0.05, 0.1) is 24.7 Å². The van der Waals surface area contributed by atoms with Crippen molar-refractivity contribution >= 4 is 5.97 Å². The molecule has 0 amide bonds. The van der Waals surface area contributed by atoms with Gasteiger partial charge in [-0.2, -0.15) is 0 Å². The molecule has 2 rings (SSSR count). The SMILES string of the molecule is C[C@@H]1CCCCCC[C@@H]2O[C@@H]2CC(=O)O1. The third-order valence-corrected chi connectivity index (χ3v) is 3.24. The Morgan fingerprint density at radius 1 is 1.07 bits per heavy atom. The first kappa shape index (κ1) is 10.9. The molecule has 2 aliphatic heterocycles. The van der Waals surface area contributed by atoms with E-state index in [-0.39, 0.29) is 18.2 Å². The summed E-state index contributed by atoms with van der Waals surface area (Å²) in [5, 5.41) is 0. The number of carbonyl (C=O) groups excluding carboxylic acids is 1. The minimum atomic E-state index is -0.0874. The van der Waals surface area contributed by atoms with Crippen LogP contribution in [0.4, 0.5) is 0 Å². The van der Waals surface area contributed by atoms with Gasteiger partial charge in [0.1, 0.15) is 0 Å². The van der Waals surface area contributed by atoms with Gasteiger partial charge in [-0.25, -0.2) is 0 Å². The third kappa shape index (κ3) is 3.49. The third-order valence-electron chi connectivity index (χ3n) is 3.24. The Hall–Kier alpha value is -0.570. The Morgan fingerprint density at radius 3 is 2.60 bits per heavy atom. The number of rotatable bonds is 0. The van der Waals surface area contributed by atoms with E-state index in [1.807, 2.05) is 6.92 Å². The molecule has 0 aromatic carbocycles. The lowest BCUT2D eigenvalue weighted by atomic mass is 10.1. The molecule has 0 aromatic rings. The largest absolute Gasteiger partial charge is 0.463 e. The molecule has 0 bridgehead atoms. The summed E-state index contributed by atoms with van der Waals surface area (Å²) in [7, 11) is 0. The van der Waals surface area contributed by atoms with E-state index in [1.54, 1.807) is 0 Å². The summed E-state index contributed by atoms with van der Waals surface area (Å²) in [6.45, 7) is 1.98. The Bertz CT molecular complexity index is 221. The van der Waals surface area contributed by atoms with Gasteiger partial charge < -0.3 is 9.47 Å². The lowest BCUT2D eigenvalue weighted by Gasteiger charge is -2.13. The highest BCUT2D eigenvalue weighted by Crippen LogP contribution is 2.31. The average molecular weight is 212 g/mol. The van der Waals surface area contributed by atoms with Crippen LogP contribution in [0.25, 0.3) is 0 Å². The van der Waals surface area contributed by atoms with Gasteiger partial charge in [0, 0.05) is 0 Å². The van der Waals surface area contributed by atoms with Gasteiger partial charge >= 0.3 is 5.97 Å². The van der Waals surface area contributed by atoms with Crippen molar-refractivity contribution in [1.29, 1.82) is 0 Å². The van der Waals surface area contributed by atoms with E-state index in [4.69, 9.17) is 9.47 Å². The molecule has 2 heterocycles. The molecule has 3 atom stereocenters. The predicted octanol–water partition coefficient (Wildman–Crippen LogP) is 2.43. The quantitative estimate of drug-likeness (QED) is 0.457. The van der Waals surface area contributed by atoms with Crippen LogP contribution < -0.4 is 0 Å². The summed E-state index contributed by atoms with van der Waals surface area (Å²) in [5.74, 6) is -0.0874. The van der Waals surface area contributed by atoms with Crippen molar-refractivity contribution in [2.75, 3.05) is 0 Å². The molecule has 3 heteroatoms. The predicted molar refractivity (Wildman–Crippen MR) is 56.5 cm³/mol. The molecule has 0 aromatic heterocycles. The molecule has 0 saturated carbocycles. The maximum Gasteiger partial charge on any atom is 0.308 e. The standard InChI is InChI=1S/C12H20O3/c1-9-6-4-2-3-5-7-10-11(15-10)8-12(13)14-9/h9-11H,2-8H2,1H3/t9-,10+,11-/m1/s1. The Morgan fingerprint density at radius 2 is 1.80 bits per heavy atom. The van der Waals surface area contributed by atoms with Crippen LogP contribution in [0.1, 0.15) is 51.9 Å². The number of ether oxygens (including phenoxy) is 2. The van der Waals surface area contributed by atoms with Crippen molar-refractivity contribution < 1.29 is 14.3 Å². The van der Waals surface area contributed by atoms with Crippen LogP contribution in [0.3, 0.4) is 0 Å². The number of epoxide rings is 1. The summed E-state index contributed by atoms with van der Waals surface area (Å²) in [4.78, 5) is 11.4. The van der Waals surface area contributed by atoms with E-state index >= 15 is 0 Å². The number of esters is 1. The van der Waals surface area contributed by atoms with Crippen molar-refractivity contribution in [2.45, 2.75) is 70.2 Å². The van der Waals surface area contributed by atoms with Crippen LogP contribution in [0.5, 0.6) is 0 Å². The van der Waals surface area contributed by atoms with Crippen molar-refractivity contribution in [1.82, 2.24) is 0 Å². The highest BCUT2D eigenvalue weighted by Gasteiger charge is 2.40. The van der Waals surface area contributed by atoms with Crippen LogP contribution in [0.15, 0.2) is 0 Å². The highest BCUT2D eigenvalue weighted by molar-refractivity contribution is 5.70. The molecule has 86 valence electrons. The Labute approximate surface area is 91.1 Å². The van der Waals surface area contributed by atoms with Crippen LogP contribution >= 0.6 is 0 Å². The molecule has 2 saturated heterocycles. The zero-order valence-corrected chi connectivity index (χ0v) is 9.41. The topological polar surface area (TPSA) is 38.8 Å². The van der Waals surface area contributed by atoms with Crippen molar-refractivity contribution in [3.63, 3.8) is 0 Å².